The molecule has 0 aliphatic heterocycles. The number of carboxylic acid groups (broad SMARTS) is 1. The van der Waals surface area contributed by atoms with Crippen LogP contribution >= 0.6 is 11.6 Å². The monoisotopic (exact) mass is 445 g/mol. The van der Waals surface area contributed by atoms with Gasteiger partial charge in [0.25, 0.3) is 5.91 Å². The number of rotatable bonds is 7. The third-order valence-corrected chi connectivity index (χ3v) is 5.63. The molecule has 2 aromatic rings. The van der Waals surface area contributed by atoms with Crippen molar-refractivity contribution in [1.82, 2.24) is 10.3 Å². The predicted octanol–water partition coefficient (Wildman–Crippen LogP) is 3.50. The molecule has 1 aliphatic rings. The van der Waals surface area contributed by atoms with Crippen molar-refractivity contribution in [3.05, 3.63) is 52.7 Å². The highest BCUT2D eigenvalue weighted by atomic mass is 35.5. The van der Waals surface area contributed by atoms with Gasteiger partial charge in [-0.3, -0.25) is 14.4 Å². The van der Waals surface area contributed by atoms with Crippen LogP contribution in [0, 0.1) is 11.8 Å². The third kappa shape index (κ3) is 5.95. The summed E-state index contributed by atoms with van der Waals surface area (Å²) < 4.78 is 5.02. The summed E-state index contributed by atoms with van der Waals surface area (Å²) in [5, 5.41) is 15.1. The maximum Gasteiger partial charge on any atom is 0.306 e. The van der Waals surface area contributed by atoms with Gasteiger partial charge in [0, 0.05) is 29.7 Å². The molecular formula is C22H24ClN3O5. The molecule has 1 fully saturated rings. The normalized spacial score (nSPS) is 18.1. The van der Waals surface area contributed by atoms with E-state index in [1.807, 2.05) is 0 Å². The number of carbonyl (C=O) groups excluding carboxylic acids is 2. The van der Waals surface area contributed by atoms with Crippen molar-refractivity contribution in [3.63, 3.8) is 0 Å². The molecule has 3 rings (SSSR count). The molecule has 0 saturated heterocycles. The van der Waals surface area contributed by atoms with E-state index < -0.39 is 11.9 Å². The number of pyridine rings is 1. The number of hydrogen-bond acceptors (Lipinski definition) is 5. The van der Waals surface area contributed by atoms with E-state index in [0.717, 1.165) is 5.56 Å². The summed E-state index contributed by atoms with van der Waals surface area (Å²) in [6.45, 7) is 0.245. The van der Waals surface area contributed by atoms with Gasteiger partial charge in [-0.25, -0.2) is 4.98 Å². The quantitative estimate of drug-likeness (QED) is 0.600. The van der Waals surface area contributed by atoms with Gasteiger partial charge in [-0.1, -0.05) is 17.7 Å². The molecule has 164 valence electrons. The summed E-state index contributed by atoms with van der Waals surface area (Å²) in [7, 11) is 1.52. The first-order chi connectivity index (χ1) is 14.9. The first-order valence-electron chi connectivity index (χ1n) is 9.97. The number of methoxy groups -OCH3 is 1. The molecule has 0 unspecified atom stereocenters. The highest BCUT2D eigenvalue weighted by Gasteiger charge is 2.30. The van der Waals surface area contributed by atoms with E-state index in [9.17, 15) is 14.4 Å². The van der Waals surface area contributed by atoms with Crippen molar-refractivity contribution < 1.29 is 24.2 Å². The lowest BCUT2D eigenvalue weighted by Gasteiger charge is -2.25. The smallest absolute Gasteiger partial charge is 0.306 e. The minimum absolute atomic E-state index is 0.223. The maximum absolute atomic E-state index is 12.8. The van der Waals surface area contributed by atoms with Gasteiger partial charge in [0.15, 0.2) is 0 Å². The zero-order chi connectivity index (χ0) is 22.4. The molecule has 3 N–H and O–H groups in total. The van der Waals surface area contributed by atoms with Crippen molar-refractivity contribution in [2.24, 2.45) is 11.8 Å². The largest absolute Gasteiger partial charge is 0.481 e. The lowest BCUT2D eigenvalue weighted by molar-refractivity contribution is -0.143. The Kier molecular flexibility index (Phi) is 7.46. The van der Waals surface area contributed by atoms with Crippen LogP contribution in [0.15, 0.2) is 36.5 Å². The van der Waals surface area contributed by atoms with Gasteiger partial charge in [0.05, 0.1) is 24.3 Å². The number of amides is 2. The second-order valence-corrected chi connectivity index (χ2v) is 7.89. The molecule has 0 bridgehead atoms. The minimum Gasteiger partial charge on any atom is -0.481 e. The summed E-state index contributed by atoms with van der Waals surface area (Å²) in [5.74, 6) is -1.63. The molecule has 2 amide bonds. The van der Waals surface area contributed by atoms with Gasteiger partial charge in [-0.15, -0.1) is 0 Å². The number of aromatic nitrogens is 1. The maximum atomic E-state index is 12.8. The van der Waals surface area contributed by atoms with Crippen LogP contribution in [-0.2, 0) is 16.1 Å². The van der Waals surface area contributed by atoms with Crippen LogP contribution < -0.4 is 15.4 Å². The molecule has 1 heterocycles. The van der Waals surface area contributed by atoms with E-state index in [-0.39, 0.29) is 29.8 Å². The molecule has 1 aromatic heterocycles. The first kappa shape index (κ1) is 22.6. The Morgan fingerprint density at radius 2 is 1.84 bits per heavy atom. The molecule has 31 heavy (non-hydrogen) atoms. The summed E-state index contributed by atoms with van der Waals surface area (Å²) in [5.41, 5.74) is 1.40. The Balaban J connectivity index is 1.64. The van der Waals surface area contributed by atoms with E-state index in [4.69, 9.17) is 21.4 Å². The first-order valence-corrected chi connectivity index (χ1v) is 10.4. The fourth-order valence-electron chi connectivity index (χ4n) is 3.56. The lowest BCUT2D eigenvalue weighted by atomic mass is 9.81. The lowest BCUT2D eigenvalue weighted by Crippen LogP contribution is -2.30. The summed E-state index contributed by atoms with van der Waals surface area (Å²) in [6, 6.07) is 8.18. The van der Waals surface area contributed by atoms with E-state index in [2.05, 4.69) is 15.6 Å². The average molecular weight is 446 g/mol. The number of benzene rings is 1. The van der Waals surface area contributed by atoms with Crippen molar-refractivity contribution in [3.8, 4) is 5.88 Å². The van der Waals surface area contributed by atoms with E-state index >= 15 is 0 Å². The van der Waals surface area contributed by atoms with Crippen LogP contribution in [0.1, 0.15) is 41.6 Å². The topological polar surface area (TPSA) is 118 Å². The zero-order valence-electron chi connectivity index (χ0n) is 17.1. The molecular weight excluding hydrogens is 422 g/mol. The van der Waals surface area contributed by atoms with Crippen molar-refractivity contribution >= 4 is 35.1 Å². The number of ether oxygens (including phenoxy) is 1. The summed E-state index contributed by atoms with van der Waals surface area (Å²) in [4.78, 5) is 40.7. The number of aliphatic carboxylic acids is 1. The molecule has 8 nitrogen and oxygen atoms in total. The van der Waals surface area contributed by atoms with Gasteiger partial charge >= 0.3 is 5.97 Å². The SMILES string of the molecule is COc1ccc(CNC(=O)c2cc(Cl)ccc2NC(=O)[C@H]2CC[C@H](C(=O)O)CC2)cn1. The van der Waals surface area contributed by atoms with Crippen LogP contribution in [0.5, 0.6) is 5.88 Å². The minimum atomic E-state index is -0.817. The van der Waals surface area contributed by atoms with Gasteiger partial charge in [-0.2, -0.15) is 0 Å². The van der Waals surface area contributed by atoms with Crippen molar-refractivity contribution in [2.75, 3.05) is 12.4 Å². The average Bonchev–Trinajstić information content (AvgIpc) is 2.79. The van der Waals surface area contributed by atoms with Crippen LogP contribution in [-0.4, -0.2) is 35.0 Å². The summed E-state index contributed by atoms with van der Waals surface area (Å²) >= 11 is 6.07. The number of nitrogens with zero attached hydrogens (tertiary/aromatic N) is 1. The number of anilines is 1. The second-order valence-electron chi connectivity index (χ2n) is 7.46. The van der Waals surface area contributed by atoms with Gasteiger partial charge in [0.2, 0.25) is 11.8 Å². The second kappa shape index (κ2) is 10.3. The van der Waals surface area contributed by atoms with E-state index in [0.29, 0.717) is 42.3 Å². The molecule has 9 heteroatoms. The van der Waals surface area contributed by atoms with Crippen LogP contribution in [0.4, 0.5) is 5.69 Å². The van der Waals surface area contributed by atoms with Crippen molar-refractivity contribution in [2.45, 2.75) is 32.2 Å². The van der Waals surface area contributed by atoms with Gasteiger partial charge < -0.3 is 20.5 Å². The molecule has 0 radical (unpaired) electrons. The molecule has 1 saturated carbocycles. The van der Waals surface area contributed by atoms with E-state index in [1.54, 1.807) is 30.5 Å². The highest BCUT2D eigenvalue weighted by molar-refractivity contribution is 6.31. The predicted molar refractivity (Wildman–Crippen MR) is 115 cm³/mol. The van der Waals surface area contributed by atoms with Crippen molar-refractivity contribution in [1.29, 1.82) is 0 Å². The van der Waals surface area contributed by atoms with Crippen LogP contribution in [0.2, 0.25) is 5.02 Å². The third-order valence-electron chi connectivity index (χ3n) is 5.39. The zero-order valence-corrected chi connectivity index (χ0v) is 17.8. The van der Waals surface area contributed by atoms with Gasteiger partial charge in [-0.05, 0) is 49.4 Å². The standard InChI is InChI=1S/C22H24ClN3O5/c1-31-19-9-2-13(11-24-19)12-25-21(28)17-10-16(23)7-8-18(17)26-20(27)14-3-5-15(6-4-14)22(29)30/h2,7-11,14-15H,3-6,12H2,1H3,(H,25,28)(H,26,27)(H,29,30)/t14-,15-. The number of carboxylic acids is 1. The van der Waals surface area contributed by atoms with E-state index in [1.165, 1.54) is 13.2 Å². The number of nitrogens with one attached hydrogen (secondary N) is 2. The summed E-state index contributed by atoms with van der Waals surface area (Å²) in [6.07, 6.45) is 3.55. The Hall–Kier alpha value is -3.13. The van der Waals surface area contributed by atoms with Crippen LogP contribution in [0.25, 0.3) is 0 Å². The molecule has 0 atom stereocenters. The van der Waals surface area contributed by atoms with Gasteiger partial charge in [0.1, 0.15) is 0 Å². The van der Waals surface area contributed by atoms with Crippen LogP contribution in [0.3, 0.4) is 0 Å². The molecule has 1 aromatic carbocycles. The number of carbonyl (C=O) groups is 3. The Bertz CT molecular complexity index is 956. The number of halogens is 1. The molecule has 0 spiro atoms. The number of hydrogen-bond donors (Lipinski definition) is 3. The fourth-order valence-corrected chi connectivity index (χ4v) is 3.74. The Morgan fingerprint density at radius 1 is 1.13 bits per heavy atom. The Morgan fingerprint density at radius 3 is 2.45 bits per heavy atom. The molecule has 1 aliphatic carbocycles. The fraction of sp³-hybridized carbons (Fsp3) is 0.364. The highest BCUT2D eigenvalue weighted by Crippen LogP contribution is 2.30. The Labute approximate surface area is 185 Å².